The van der Waals surface area contributed by atoms with Gasteiger partial charge in [-0.3, -0.25) is 4.57 Å². The molecule has 0 radical (unpaired) electrons. The number of carbonyl (C=O) groups excluding carboxylic acids is 1. The number of unbranched alkanes of at least 4 members (excludes halogenated alkanes) is 2. The zero-order valence-corrected chi connectivity index (χ0v) is 11.2. The van der Waals surface area contributed by atoms with E-state index in [0.29, 0.717) is 6.04 Å². The summed E-state index contributed by atoms with van der Waals surface area (Å²) in [6.07, 6.45) is 9.40. The van der Waals surface area contributed by atoms with Gasteiger partial charge in [-0.05, 0) is 31.4 Å². The molecule has 0 aliphatic rings. The van der Waals surface area contributed by atoms with Crippen molar-refractivity contribution in [1.29, 1.82) is 0 Å². The Hall–Kier alpha value is -1.25. The van der Waals surface area contributed by atoms with Gasteiger partial charge >= 0.3 is 6.03 Å². The minimum atomic E-state index is -0.0125. The summed E-state index contributed by atoms with van der Waals surface area (Å²) in [4.78, 5) is 11.9. The molecule has 0 spiro atoms. The summed E-state index contributed by atoms with van der Waals surface area (Å²) < 4.78 is 1.62. The Kier molecular flexibility index (Phi) is 5.81. The van der Waals surface area contributed by atoms with Crippen LogP contribution in [0.3, 0.4) is 0 Å². The summed E-state index contributed by atoms with van der Waals surface area (Å²) in [7, 11) is 0. The van der Waals surface area contributed by atoms with Crippen LogP contribution in [0.4, 0.5) is 4.79 Å². The van der Waals surface area contributed by atoms with Crippen LogP contribution in [0.5, 0.6) is 0 Å². The fourth-order valence-corrected chi connectivity index (χ4v) is 1.90. The maximum absolute atomic E-state index is 11.9. The third-order valence-electron chi connectivity index (χ3n) is 3.05. The number of rotatable bonds is 6. The lowest BCUT2D eigenvalue weighted by molar-refractivity contribution is 0.237. The molecule has 1 N–H and O–H groups in total. The Labute approximate surface area is 104 Å². The highest BCUT2D eigenvalue weighted by molar-refractivity contribution is 5.77. The Balaban J connectivity index is 2.42. The minimum absolute atomic E-state index is 0.0125. The molecule has 1 aromatic heterocycles. The quantitative estimate of drug-likeness (QED) is 0.750. The van der Waals surface area contributed by atoms with Gasteiger partial charge in [0.1, 0.15) is 0 Å². The summed E-state index contributed by atoms with van der Waals surface area (Å²) in [6, 6.07) is 2.23. The Morgan fingerprint density at radius 3 is 2.71 bits per heavy atom. The third kappa shape index (κ3) is 4.63. The second kappa shape index (κ2) is 7.15. The molecule has 0 aromatic carbocycles. The lowest BCUT2D eigenvalue weighted by Crippen LogP contribution is -2.36. The third-order valence-corrected chi connectivity index (χ3v) is 3.05. The molecule has 1 amide bonds. The van der Waals surface area contributed by atoms with Crippen molar-refractivity contribution < 1.29 is 4.79 Å². The van der Waals surface area contributed by atoms with Gasteiger partial charge in [0.05, 0.1) is 0 Å². The lowest BCUT2D eigenvalue weighted by Gasteiger charge is -2.16. The van der Waals surface area contributed by atoms with Crippen LogP contribution in [-0.4, -0.2) is 16.6 Å². The van der Waals surface area contributed by atoms with Crippen LogP contribution in [0.25, 0.3) is 0 Å². The fourth-order valence-electron chi connectivity index (χ4n) is 1.90. The van der Waals surface area contributed by atoms with E-state index in [1.807, 2.05) is 25.4 Å². The Morgan fingerprint density at radius 2 is 2.18 bits per heavy atom. The first kappa shape index (κ1) is 13.8. The molecule has 0 aliphatic carbocycles. The summed E-state index contributed by atoms with van der Waals surface area (Å²) in [5.74, 6) is 0. The number of amides is 1. The molecule has 0 bridgehead atoms. The van der Waals surface area contributed by atoms with Crippen LogP contribution in [0.1, 0.15) is 51.5 Å². The van der Waals surface area contributed by atoms with Crippen molar-refractivity contribution >= 4 is 6.03 Å². The number of aromatic nitrogens is 1. The average Bonchev–Trinajstić information content (AvgIpc) is 2.74. The average molecular weight is 236 g/mol. The molecule has 0 aliphatic heterocycles. The van der Waals surface area contributed by atoms with Gasteiger partial charge in [0.15, 0.2) is 0 Å². The minimum Gasteiger partial charge on any atom is -0.335 e. The van der Waals surface area contributed by atoms with Gasteiger partial charge in [0.2, 0.25) is 0 Å². The molecule has 3 heteroatoms. The highest BCUT2D eigenvalue weighted by Gasteiger charge is 2.10. The molecule has 1 aromatic rings. The van der Waals surface area contributed by atoms with Gasteiger partial charge in [0, 0.05) is 18.4 Å². The topological polar surface area (TPSA) is 34.0 Å². The molecule has 96 valence electrons. The van der Waals surface area contributed by atoms with Crippen LogP contribution in [-0.2, 0) is 0 Å². The van der Waals surface area contributed by atoms with E-state index in [2.05, 4.69) is 19.2 Å². The number of nitrogens with one attached hydrogen (secondary N) is 1. The number of aryl methyl sites for hydroxylation is 1. The fraction of sp³-hybridized carbons (Fsp3) is 0.643. The first-order valence-electron chi connectivity index (χ1n) is 6.62. The van der Waals surface area contributed by atoms with Crippen LogP contribution >= 0.6 is 0 Å². The zero-order valence-electron chi connectivity index (χ0n) is 11.2. The van der Waals surface area contributed by atoms with E-state index in [1.54, 1.807) is 4.57 Å². The van der Waals surface area contributed by atoms with Crippen molar-refractivity contribution in [2.24, 2.45) is 0 Å². The molecular weight excluding hydrogens is 212 g/mol. The Morgan fingerprint density at radius 1 is 1.41 bits per heavy atom. The summed E-state index contributed by atoms with van der Waals surface area (Å²) >= 11 is 0. The predicted octanol–water partition coefficient (Wildman–Crippen LogP) is 3.71. The Bertz CT molecular complexity index is 344. The van der Waals surface area contributed by atoms with Gasteiger partial charge in [-0.1, -0.05) is 33.1 Å². The van der Waals surface area contributed by atoms with Crippen molar-refractivity contribution in [1.82, 2.24) is 9.88 Å². The van der Waals surface area contributed by atoms with E-state index < -0.39 is 0 Å². The van der Waals surface area contributed by atoms with E-state index in [1.165, 1.54) is 19.3 Å². The van der Waals surface area contributed by atoms with Crippen molar-refractivity contribution in [3.05, 3.63) is 24.0 Å². The van der Waals surface area contributed by atoms with Gasteiger partial charge < -0.3 is 5.32 Å². The van der Waals surface area contributed by atoms with Gasteiger partial charge in [-0.25, -0.2) is 4.79 Å². The lowest BCUT2D eigenvalue weighted by atomic mass is 10.1. The summed E-state index contributed by atoms with van der Waals surface area (Å²) in [5.41, 5.74) is 1.11. The molecule has 0 saturated carbocycles. The molecule has 1 unspecified atom stereocenters. The molecule has 3 nitrogen and oxygen atoms in total. The SMILES string of the molecule is CCCCCC(CC)NC(=O)n1ccc(C)c1. The zero-order chi connectivity index (χ0) is 12.7. The maximum Gasteiger partial charge on any atom is 0.325 e. The molecule has 1 rings (SSSR count). The molecule has 1 heterocycles. The number of hydrogen-bond donors (Lipinski definition) is 1. The molecular formula is C14H24N2O. The highest BCUT2D eigenvalue weighted by atomic mass is 16.2. The van der Waals surface area contributed by atoms with Gasteiger partial charge in [-0.15, -0.1) is 0 Å². The van der Waals surface area contributed by atoms with E-state index in [4.69, 9.17) is 0 Å². The van der Waals surface area contributed by atoms with Gasteiger partial charge in [-0.2, -0.15) is 0 Å². The van der Waals surface area contributed by atoms with Crippen LogP contribution in [0.15, 0.2) is 18.5 Å². The molecule has 1 atom stereocenters. The molecule has 0 saturated heterocycles. The van der Waals surface area contributed by atoms with E-state index in [-0.39, 0.29) is 6.03 Å². The van der Waals surface area contributed by atoms with Crippen LogP contribution in [0.2, 0.25) is 0 Å². The van der Waals surface area contributed by atoms with E-state index in [9.17, 15) is 4.79 Å². The summed E-state index contributed by atoms with van der Waals surface area (Å²) in [6.45, 7) is 6.31. The van der Waals surface area contributed by atoms with E-state index in [0.717, 1.165) is 18.4 Å². The maximum atomic E-state index is 11.9. The second-order valence-corrected chi connectivity index (χ2v) is 4.65. The van der Waals surface area contributed by atoms with Crippen LogP contribution in [0, 0.1) is 6.92 Å². The molecule has 17 heavy (non-hydrogen) atoms. The highest BCUT2D eigenvalue weighted by Crippen LogP contribution is 2.07. The number of nitrogens with zero attached hydrogens (tertiary/aromatic N) is 1. The van der Waals surface area contributed by atoms with Crippen molar-refractivity contribution in [3.8, 4) is 0 Å². The first-order valence-corrected chi connectivity index (χ1v) is 6.62. The number of carbonyl (C=O) groups is 1. The number of hydrogen-bond acceptors (Lipinski definition) is 1. The van der Waals surface area contributed by atoms with Crippen molar-refractivity contribution in [3.63, 3.8) is 0 Å². The molecule has 0 fully saturated rings. The first-order chi connectivity index (χ1) is 8.17. The standard InChI is InChI=1S/C14H24N2O/c1-4-6-7-8-13(5-2)15-14(17)16-10-9-12(3)11-16/h9-11,13H,4-8H2,1-3H3,(H,15,17). The van der Waals surface area contributed by atoms with Crippen molar-refractivity contribution in [2.75, 3.05) is 0 Å². The summed E-state index contributed by atoms with van der Waals surface area (Å²) in [5, 5.41) is 3.08. The van der Waals surface area contributed by atoms with E-state index >= 15 is 0 Å². The monoisotopic (exact) mass is 236 g/mol. The normalized spacial score (nSPS) is 12.4. The predicted molar refractivity (Wildman–Crippen MR) is 71.3 cm³/mol. The van der Waals surface area contributed by atoms with Gasteiger partial charge in [0.25, 0.3) is 0 Å². The second-order valence-electron chi connectivity index (χ2n) is 4.65. The van der Waals surface area contributed by atoms with Crippen LogP contribution < -0.4 is 5.32 Å². The smallest absolute Gasteiger partial charge is 0.325 e. The largest absolute Gasteiger partial charge is 0.335 e. The van der Waals surface area contributed by atoms with Crippen molar-refractivity contribution in [2.45, 2.75) is 58.9 Å².